The monoisotopic (exact) mass is 298 g/mol. The molecule has 0 aliphatic carbocycles. The second-order valence-corrected chi connectivity index (χ2v) is 6.39. The maximum absolute atomic E-state index is 12.0. The molecule has 0 aromatic heterocycles. The quantitative estimate of drug-likeness (QED) is 0.700. The molecule has 2 atom stereocenters. The van der Waals surface area contributed by atoms with Crippen molar-refractivity contribution in [1.82, 2.24) is 15.1 Å². The predicted molar refractivity (Wildman–Crippen MR) is 83.1 cm³/mol. The van der Waals surface area contributed by atoms with E-state index < -0.39 is 0 Å². The summed E-state index contributed by atoms with van der Waals surface area (Å²) in [5, 5.41) is 2.99. The lowest BCUT2D eigenvalue weighted by molar-refractivity contribution is -0.131. The van der Waals surface area contributed by atoms with Crippen molar-refractivity contribution in [1.29, 1.82) is 0 Å². The Kier molecular flexibility index (Phi) is 6.41. The Morgan fingerprint density at radius 2 is 2.00 bits per heavy atom. The van der Waals surface area contributed by atoms with Gasteiger partial charge in [-0.2, -0.15) is 0 Å². The van der Waals surface area contributed by atoms with Crippen molar-refractivity contribution >= 4 is 5.91 Å². The molecule has 122 valence electrons. The van der Waals surface area contributed by atoms with Crippen LogP contribution >= 0.6 is 0 Å². The minimum Gasteiger partial charge on any atom is -0.364 e. The summed E-state index contributed by atoms with van der Waals surface area (Å²) in [5.74, 6) is 0.0223. The van der Waals surface area contributed by atoms with Gasteiger partial charge in [-0.25, -0.2) is 0 Å². The van der Waals surface area contributed by atoms with Crippen LogP contribution in [-0.2, 0) is 9.53 Å². The highest BCUT2D eigenvalue weighted by molar-refractivity contribution is 5.81. The largest absolute Gasteiger partial charge is 0.364 e. The van der Waals surface area contributed by atoms with E-state index in [-0.39, 0.29) is 18.1 Å². The molecule has 2 aliphatic heterocycles. The van der Waals surface area contributed by atoms with Crippen molar-refractivity contribution in [3.8, 4) is 0 Å². The Labute approximate surface area is 128 Å². The van der Waals surface area contributed by atoms with Gasteiger partial charge in [-0.1, -0.05) is 0 Å². The number of nitrogens with one attached hydrogen (secondary N) is 1. The molecule has 0 aromatic rings. The maximum Gasteiger partial charge on any atom is 0.249 e. The van der Waals surface area contributed by atoms with Crippen molar-refractivity contribution in [3.05, 3.63) is 0 Å². The summed E-state index contributed by atoms with van der Waals surface area (Å²) < 4.78 is 5.60. The number of piperidine rings is 1. The Balaban J connectivity index is 1.59. The molecule has 1 amide bonds. The zero-order chi connectivity index (χ0) is 15.2. The van der Waals surface area contributed by atoms with Gasteiger partial charge in [-0.3, -0.25) is 4.79 Å². The first-order chi connectivity index (χ1) is 10.1. The van der Waals surface area contributed by atoms with Gasteiger partial charge in [0.05, 0.1) is 6.10 Å². The Morgan fingerprint density at radius 1 is 1.29 bits per heavy atom. The van der Waals surface area contributed by atoms with Crippen molar-refractivity contribution < 1.29 is 9.53 Å². The van der Waals surface area contributed by atoms with Crippen LogP contribution in [0.2, 0.25) is 0 Å². The fraction of sp³-hybridized carbons (Fsp3) is 0.933. The average Bonchev–Trinajstić information content (AvgIpc) is 2.96. The van der Waals surface area contributed by atoms with E-state index in [1.807, 2.05) is 0 Å². The van der Waals surface area contributed by atoms with Gasteiger partial charge < -0.3 is 25.6 Å². The summed E-state index contributed by atoms with van der Waals surface area (Å²) in [5.41, 5.74) is 5.56. The van der Waals surface area contributed by atoms with Gasteiger partial charge in [-0.05, 0) is 52.9 Å². The lowest BCUT2D eigenvalue weighted by Crippen LogP contribution is -2.45. The number of nitrogens with zero attached hydrogens (tertiary/aromatic N) is 2. The number of carbonyl (C=O) groups is 1. The predicted octanol–water partition coefficient (Wildman–Crippen LogP) is -0.365. The third-order valence-electron chi connectivity index (χ3n) is 4.68. The number of ether oxygens (including phenoxy) is 1. The summed E-state index contributed by atoms with van der Waals surface area (Å²) >= 11 is 0. The smallest absolute Gasteiger partial charge is 0.249 e. The topological polar surface area (TPSA) is 70.8 Å². The van der Waals surface area contributed by atoms with Crippen molar-refractivity contribution in [3.63, 3.8) is 0 Å². The molecule has 0 bridgehead atoms. The van der Waals surface area contributed by atoms with Crippen LogP contribution in [-0.4, -0.2) is 80.8 Å². The first kappa shape index (κ1) is 16.7. The molecule has 2 fully saturated rings. The van der Waals surface area contributed by atoms with Gasteiger partial charge in [0, 0.05) is 25.7 Å². The molecule has 21 heavy (non-hydrogen) atoms. The summed E-state index contributed by atoms with van der Waals surface area (Å²) in [6.45, 7) is 4.38. The summed E-state index contributed by atoms with van der Waals surface area (Å²) in [6, 6.07) is 0.705. The standard InChI is InChI=1S/C15H30N4O2/c1-18(2)12-5-8-19(9-6-12)10-7-17-15(20)14-4-3-13(11-16)21-14/h12-14H,3-11,16H2,1-2H3,(H,17,20)/t13-,14+/m1/s1. The molecule has 0 radical (unpaired) electrons. The third-order valence-corrected chi connectivity index (χ3v) is 4.68. The highest BCUT2D eigenvalue weighted by Crippen LogP contribution is 2.18. The number of nitrogens with two attached hydrogens (primary N) is 1. The molecule has 6 nitrogen and oxygen atoms in total. The molecular formula is C15H30N4O2. The molecule has 3 N–H and O–H groups in total. The number of carbonyl (C=O) groups excluding carboxylic acids is 1. The van der Waals surface area contributed by atoms with Gasteiger partial charge in [0.15, 0.2) is 0 Å². The van der Waals surface area contributed by atoms with Gasteiger partial charge in [0.1, 0.15) is 6.10 Å². The Bertz CT molecular complexity index is 330. The third kappa shape index (κ3) is 4.92. The van der Waals surface area contributed by atoms with Crippen LogP contribution in [0, 0.1) is 0 Å². The van der Waals surface area contributed by atoms with Crippen molar-refractivity contribution in [2.24, 2.45) is 5.73 Å². The van der Waals surface area contributed by atoms with Crippen LogP contribution < -0.4 is 11.1 Å². The Hall–Kier alpha value is -0.690. The van der Waals surface area contributed by atoms with E-state index in [2.05, 4.69) is 29.2 Å². The molecule has 2 heterocycles. The van der Waals surface area contributed by atoms with Crippen LogP contribution in [0.4, 0.5) is 0 Å². The van der Waals surface area contributed by atoms with Crippen LogP contribution in [0.25, 0.3) is 0 Å². The molecule has 6 heteroatoms. The maximum atomic E-state index is 12.0. The zero-order valence-electron chi connectivity index (χ0n) is 13.4. The second kappa shape index (κ2) is 8.08. The minimum absolute atomic E-state index is 0.0223. The number of rotatable bonds is 6. The molecule has 0 unspecified atom stereocenters. The van der Waals surface area contributed by atoms with Gasteiger partial charge in [0.25, 0.3) is 0 Å². The summed E-state index contributed by atoms with van der Waals surface area (Å²) in [7, 11) is 4.30. The molecule has 0 aromatic carbocycles. The SMILES string of the molecule is CN(C)C1CCN(CCNC(=O)[C@@H]2CC[C@H](CN)O2)CC1. The number of likely N-dealkylation sites (tertiary alicyclic amines) is 1. The van der Waals surface area contributed by atoms with Gasteiger partial charge in [0.2, 0.25) is 5.91 Å². The highest BCUT2D eigenvalue weighted by atomic mass is 16.5. The van der Waals surface area contributed by atoms with E-state index in [1.54, 1.807) is 0 Å². The fourth-order valence-corrected chi connectivity index (χ4v) is 3.18. The van der Waals surface area contributed by atoms with Gasteiger partial charge in [-0.15, -0.1) is 0 Å². The number of amides is 1. The lowest BCUT2D eigenvalue weighted by atomic mass is 10.0. The number of hydrogen-bond acceptors (Lipinski definition) is 5. The molecule has 2 saturated heterocycles. The van der Waals surface area contributed by atoms with E-state index >= 15 is 0 Å². The van der Waals surface area contributed by atoms with Gasteiger partial charge >= 0.3 is 0 Å². The molecular weight excluding hydrogens is 268 g/mol. The normalized spacial score (nSPS) is 28.2. The zero-order valence-corrected chi connectivity index (χ0v) is 13.4. The summed E-state index contributed by atoms with van der Waals surface area (Å²) in [6.07, 6.45) is 3.88. The van der Waals surface area contributed by atoms with Crippen LogP contribution in [0.5, 0.6) is 0 Å². The highest BCUT2D eigenvalue weighted by Gasteiger charge is 2.29. The van der Waals surface area contributed by atoms with E-state index in [9.17, 15) is 4.79 Å². The van der Waals surface area contributed by atoms with Crippen molar-refractivity contribution in [2.75, 3.05) is 46.8 Å². The van der Waals surface area contributed by atoms with Crippen LogP contribution in [0.1, 0.15) is 25.7 Å². The van der Waals surface area contributed by atoms with Crippen molar-refractivity contribution in [2.45, 2.75) is 43.9 Å². The van der Waals surface area contributed by atoms with Crippen LogP contribution in [0.15, 0.2) is 0 Å². The molecule has 2 aliphatic rings. The number of hydrogen-bond donors (Lipinski definition) is 2. The average molecular weight is 298 g/mol. The summed E-state index contributed by atoms with van der Waals surface area (Å²) in [4.78, 5) is 16.7. The molecule has 2 rings (SSSR count). The Morgan fingerprint density at radius 3 is 2.57 bits per heavy atom. The second-order valence-electron chi connectivity index (χ2n) is 6.39. The first-order valence-electron chi connectivity index (χ1n) is 8.12. The van der Waals surface area contributed by atoms with E-state index in [0.717, 1.165) is 32.5 Å². The fourth-order valence-electron chi connectivity index (χ4n) is 3.18. The van der Waals surface area contributed by atoms with E-state index in [1.165, 1.54) is 12.8 Å². The van der Waals surface area contributed by atoms with E-state index in [4.69, 9.17) is 10.5 Å². The molecule has 0 spiro atoms. The van der Waals surface area contributed by atoms with E-state index in [0.29, 0.717) is 19.1 Å². The first-order valence-corrected chi connectivity index (χ1v) is 8.12. The van der Waals surface area contributed by atoms with Crippen LogP contribution in [0.3, 0.4) is 0 Å². The minimum atomic E-state index is -0.293. The lowest BCUT2D eigenvalue weighted by Gasteiger charge is -2.35. The molecule has 0 saturated carbocycles.